The number of aliphatic carboxylic acids is 2. The van der Waals surface area contributed by atoms with Crippen LogP contribution in [0.1, 0.15) is 50.5 Å². The third-order valence-electron chi connectivity index (χ3n) is 7.17. The number of aliphatic imine (C=N–C) groups is 1. The molecule has 1 aliphatic rings. The maximum atomic E-state index is 13.9. The fourth-order valence-electron chi connectivity index (χ4n) is 4.98. The first-order chi connectivity index (χ1) is 20.4. The molecule has 10 N–H and O–H groups in total. The van der Waals surface area contributed by atoms with Gasteiger partial charge in [0.1, 0.15) is 12.1 Å². The molecule has 0 unspecified atom stereocenters. The average Bonchev–Trinajstić information content (AvgIpc) is 2.96. The van der Waals surface area contributed by atoms with Crippen LogP contribution in [0.25, 0.3) is 0 Å². The standard InChI is InChI=1S/C28H43N7O8/c1-43-22-10-6-14-35(21(22)16-23(36)33-20(27(41)42)11-12-24(37)38)26(40)19(9-5-13-32-28(30)31)34-25(39)18(29)15-17-7-3-2-4-8-17/h2-4,7-8,18-22H,5-6,9-16,29H2,1H3,(H,33,36)(H,34,39)(H,37,38)(H,41,42)(H4,30,31,32)/t18-,19-,20-,21+,22+/m0/s1. The minimum absolute atomic E-state index is 0.107. The van der Waals surface area contributed by atoms with E-state index < -0.39 is 66.4 Å². The van der Waals surface area contributed by atoms with E-state index in [0.717, 1.165) is 5.56 Å². The minimum Gasteiger partial charge on any atom is -0.481 e. The van der Waals surface area contributed by atoms with E-state index in [-0.39, 0.29) is 44.7 Å². The molecule has 1 aromatic rings. The summed E-state index contributed by atoms with van der Waals surface area (Å²) in [5.41, 5.74) is 17.8. The van der Waals surface area contributed by atoms with Gasteiger partial charge in [-0.2, -0.15) is 0 Å². The van der Waals surface area contributed by atoms with Crippen LogP contribution in [0.4, 0.5) is 0 Å². The van der Waals surface area contributed by atoms with Gasteiger partial charge in [0.05, 0.1) is 18.2 Å². The first-order valence-corrected chi connectivity index (χ1v) is 14.1. The highest BCUT2D eigenvalue weighted by molar-refractivity contribution is 5.91. The largest absolute Gasteiger partial charge is 0.481 e. The van der Waals surface area contributed by atoms with Crippen LogP contribution in [0.5, 0.6) is 0 Å². The van der Waals surface area contributed by atoms with Crippen molar-refractivity contribution in [1.29, 1.82) is 0 Å². The summed E-state index contributed by atoms with van der Waals surface area (Å²) in [5.74, 6) is -4.33. The molecule has 3 amide bonds. The Morgan fingerprint density at radius 1 is 1.07 bits per heavy atom. The molecule has 238 valence electrons. The van der Waals surface area contributed by atoms with Gasteiger partial charge in [-0.25, -0.2) is 4.79 Å². The lowest BCUT2D eigenvalue weighted by Crippen LogP contribution is -2.60. The molecule has 15 heteroatoms. The predicted octanol–water partition coefficient (Wildman–Crippen LogP) is -1.07. The molecule has 15 nitrogen and oxygen atoms in total. The van der Waals surface area contributed by atoms with Gasteiger partial charge in [0.2, 0.25) is 17.7 Å². The number of hydrogen-bond donors (Lipinski definition) is 7. The second-order valence-electron chi connectivity index (χ2n) is 10.4. The van der Waals surface area contributed by atoms with Gasteiger partial charge >= 0.3 is 11.9 Å². The number of nitrogens with zero attached hydrogens (tertiary/aromatic N) is 2. The summed E-state index contributed by atoms with van der Waals surface area (Å²) < 4.78 is 5.59. The number of rotatable bonds is 17. The van der Waals surface area contributed by atoms with Gasteiger partial charge in [0.15, 0.2) is 5.96 Å². The fourth-order valence-corrected chi connectivity index (χ4v) is 4.98. The normalized spacial score (nSPS) is 18.5. The maximum absolute atomic E-state index is 13.9. The smallest absolute Gasteiger partial charge is 0.326 e. The number of nitrogens with two attached hydrogens (primary N) is 3. The summed E-state index contributed by atoms with van der Waals surface area (Å²) in [6, 6.07) is 5.09. The van der Waals surface area contributed by atoms with E-state index in [9.17, 15) is 29.1 Å². The van der Waals surface area contributed by atoms with E-state index in [0.29, 0.717) is 19.3 Å². The van der Waals surface area contributed by atoms with Crippen molar-refractivity contribution in [2.24, 2.45) is 22.2 Å². The van der Waals surface area contributed by atoms with Crippen LogP contribution in [0.15, 0.2) is 35.3 Å². The van der Waals surface area contributed by atoms with Crippen molar-refractivity contribution in [2.45, 2.75) is 81.6 Å². The molecule has 5 atom stereocenters. The van der Waals surface area contributed by atoms with Crippen molar-refractivity contribution in [2.75, 3.05) is 20.2 Å². The van der Waals surface area contributed by atoms with Crippen LogP contribution in [-0.4, -0.2) is 101 Å². The van der Waals surface area contributed by atoms with E-state index in [1.54, 1.807) is 0 Å². The van der Waals surface area contributed by atoms with Crippen molar-refractivity contribution in [3.8, 4) is 0 Å². The molecular weight excluding hydrogens is 562 g/mol. The first kappa shape index (κ1) is 35.0. The number of carbonyl (C=O) groups excluding carboxylic acids is 3. The molecule has 0 spiro atoms. The van der Waals surface area contributed by atoms with Crippen LogP contribution in [-0.2, 0) is 35.1 Å². The number of likely N-dealkylation sites (tertiary alicyclic amines) is 1. The third kappa shape index (κ3) is 11.9. The summed E-state index contributed by atoms with van der Waals surface area (Å²) in [5, 5.41) is 23.5. The zero-order chi connectivity index (χ0) is 31.9. The van der Waals surface area contributed by atoms with Gasteiger partial charge in [-0.05, 0) is 44.1 Å². The Morgan fingerprint density at radius 3 is 2.37 bits per heavy atom. The number of methoxy groups -OCH3 is 1. The zero-order valence-electron chi connectivity index (χ0n) is 24.3. The Bertz CT molecular complexity index is 1130. The number of ether oxygens (including phenoxy) is 1. The van der Waals surface area contributed by atoms with Crippen LogP contribution in [0.3, 0.4) is 0 Å². The molecule has 1 aliphatic heterocycles. The number of amides is 3. The second kappa shape index (κ2) is 17.7. The van der Waals surface area contributed by atoms with Crippen LogP contribution >= 0.6 is 0 Å². The van der Waals surface area contributed by atoms with Crippen molar-refractivity contribution in [1.82, 2.24) is 15.5 Å². The van der Waals surface area contributed by atoms with Gasteiger partial charge in [-0.3, -0.25) is 24.2 Å². The predicted molar refractivity (Wildman–Crippen MR) is 157 cm³/mol. The topological polar surface area (TPSA) is 253 Å². The lowest BCUT2D eigenvalue weighted by Gasteiger charge is -2.42. The first-order valence-electron chi connectivity index (χ1n) is 14.1. The Balaban J connectivity index is 2.22. The monoisotopic (exact) mass is 605 g/mol. The molecule has 2 rings (SSSR count). The summed E-state index contributed by atoms with van der Waals surface area (Å²) in [4.78, 5) is 67.9. The van der Waals surface area contributed by atoms with E-state index in [4.69, 9.17) is 27.0 Å². The van der Waals surface area contributed by atoms with Crippen molar-refractivity contribution >= 4 is 35.6 Å². The molecule has 1 fully saturated rings. The molecule has 0 saturated carbocycles. The highest BCUT2D eigenvalue weighted by Gasteiger charge is 2.39. The third-order valence-corrected chi connectivity index (χ3v) is 7.17. The van der Waals surface area contributed by atoms with Gasteiger partial charge in [-0.1, -0.05) is 30.3 Å². The quantitative estimate of drug-likeness (QED) is 0.0639. The Morgan fingerprint density at radius 2 is 1.77 bits per heavy atom. The van der Waals surface area contributed by atoms with Crippen LogP contribution in [0.2, 0.25) is 0 Å². The highest BCUT2D eigenvalue weighted by atomic mass is 16.5. The van der Waals surface area contributed by atoms with Gasteiger partial charge in [0, 0.05) is 33.0 Å². The second-order valence-corrected chi connectivity index (χ2v) is 10.4. The lowest BCUT2D eigenvalue weighted by molar-refractivity contribution is -0.148. The molecular formula is C28H43N7O8. The molecule has 43 heavy (non-hydrogen) atoms. The molecule has 0 radical (unpaired) electrons. The molecule has 1 aromatic carbocycles. The fraction of sp³-hybridized carbons (Fsp3) is 0.571. The minimum atomic E-state index is -1.41. The van der Waals surface area contributed by atoms with Gasteiger partial charge < -0.3 is 47.7 Å². The number of guanidine groups is 1. The van der Waals surface area contributed by atoms with Crippen LogP contribution in [0, 0.1) is 0 Å². The Hall–Kier alpha value is -4.24. The summed E-state index contributed by atoms with van der Waals surface area (Å²) >= 11 is 0. The number of carboxylic acids is 2. The van der Waals surface area contributed by atoms with Crippen molar-refractivity contribution < 1.29 is 38.9 Å². The van der Waals surface area contributed by atoms with E-state index in [1.807, 2.05) is 30.3 Å². The zero-order valence-corrected chi connectivity index (χ0v) is 24.3. The van der Waals surface area contributed by atoms with E-state index in [2.05, 4.69) is 15.6 Å². The van der Waals surface area contributed by atoms with E-state index >= 15 is 0 Å². The Kier molecular flexibility index (Phi) is 14.4. The van der Waals surface area contributed by atoms with E-state index in [1.165, 1.54) is 12.0 Å². The lowest BCUT2D eigenvalue weighted by atomic mass is 9.93. The average molecular weight is 606 g/mol. The number of carboxylic acid groups (broad SMARTS) is 2. The van der Waals surface area contributed by atoms with Gasteiger partial charge in [-0.15, -0.1) is 0 Å². The number of benzene rings is 1. The maximum Gasteiger partial charge on any atom is 0.326 e. The number of carbonyl (C=O) groups is 5. The molecule has 0 aliphatic carbocycles. The highest BCUT2D eigenvalue weighted by Crippen LogP contribution is 2.24. The number of piperidine rings is 1. The Labute approximate surface area is 250 Å². The summed E-state index contributed by atoms with van der Waals surface area (Å²) in [7, 11) is 1.45. The molecule has 1 saturated heterocycles. The summed E-state index contributed by atoms with van der Waals surface area (Å²) in [6.45, 7) is 0.492. The van der Waals surface area contributed by atoms with Gasteiger partial charge in [0.25, 0.3) is 0 Å². The molecule has 1 heterocycles. The summed E-state index contributed by atoms with van der Waals surface area (Å²) in [6.07, 6.45) is 0.343. The SMILES string of the molecule is CO[C@@H]1CCCN(C(=O)[C@H](CCCN=C(N)N)NC(=O)[C@@H](N)Cc2ccccc2)[C@@H]1CC(=O)N[C@@H](CCC(=O)O)C(=O)O. The molecule has 0 aromatic heterocycles. The molecule has 0 bridgehead atoms. The van der Waals surface area contributed by atoms with Crippen molar-refractivity contribution in [3.05, 3.63) is 35.9 Å². The number of nitrogens with one attached hydrogen (secondary N) is 2. The van der Waals surface area contributed by atoms with Crippen LogP contribution < -0.4 is 27.8 Å². The van der Waals surface area contributed by atoms with Crippen molar-refractivity contribution in [3.63, 3.8) is 0 Å². The number of hydrogen-bond acceptors (Lipinski definition) is 8.